The Balaban J connectivity index is 2.44. The second kappa shape index (κ2) is 6.07. The predicted octanol–water partition coefficient (Wildman–Crippen LogP) is 3.65. The van der Waals surface area contributed by atoms with Crippen molar-refractivity contribution < 1.29 is 30.7 Å². The first-order chi connectivity index (χ1) is 10.6. The summed E-state index contributed by atoms with van der Waals surface area (Å²) < 4.78 is 82.9. The number of benzene rings is 2. The minimum atomic E-state index is -4.72. The van der Waals surface area contributed by atoms with Gasteiger partial charge < -0.3 is 4.74 Å². The third-order valence-corrected chi connectivity index (χ3v) is 4.27. The second-order valence-corrected chi connectivity index (χ2v) is 6.13. The Kier molecular flexibility index (Phi) is 4.51. The van der Waals surface area contributed by atoms with Gasteiger partial charge in [0.25, 0.3) is 10.0 Å². The second-order valence-electron chi connectivity index (χ2n) is 4.45. The molecule has 0 aliphatic heterocycles. The number of methoxy groups -OCH3 is 1. The number of nitrogens with one attached hydrogen (secondary N) is 1. The predicted molar refractivity (Wildman–Crippen MR) is 75.2 cm³/mol. The van der Waals surface area contributed by atoms with E-state index < -0.39 is 38.2 Å². The van der Waals surface area contributed by atoms with Gasteiger partial charge in [-0.25, -0.2) is 12.8 Å². The summed E-state index contributed by atoms with van der Waals surface area (Å²) in [6, 6.07) is 6.80. The van der Waals surface area contributed by atoms with Gasteiger partial charge in [0, 0.05) is 6.07 Å². The molecule has 4 nitrogen and oxygen atoms in total. The van der Waals surface area contributed by atoms with Crippen LogP contribution in [0.3, 0.4) is 0 Å². The van der Waals surface area contributed by atoms with Gasteiger partial charge in [-0.2, -0.15) is 13.2 Å². The highest BCUT2D eigenvalue weighted by Crippen LogP contribution is 2.35. The largest absolute Gasteiger partial charge is 0.494 e. The average molecular weight is 349 g/mol. The molecule has 0 saturated heterocycles. The standard InChI is InChI=1S/C14H11F4NO3S/c1-22-13-8-9(6-7-11(13)15)23(20,21)19-12-5-3-2-4-10(12)14(16,17)18/h2-8,19H,1H3. The van der Waals surface area contributed by atoms with Crippen LogP contribution in [0.5, 0.6) is 5.75 Å². The Labute approximate surface area is 129 Å². The van der Waals surface area contributed by atoms with Crippen LogP contribution in [0.25, 0.3) is 0 Å². The van der Waals surface area contributed by atoms with Crippen LogP contribution in [0.15, 0.2) is 47.4 Å². The molecular formula is C14H11F4NO3S. The number of halogens is 4. The van der Waals surface area contributed by atoms with Crippen LogP contribution in [0.2, 0.25) is 0 Å². The molecule has 2 rings (SSSR count). The zero-order valence-electron chi connectivity index (χ0n) is 11.7. The van der Waals surface area contributed by atoms with Crippen LogP contribution in [-0.2, 0) is 16.2 Å². The third-order valence-electron chi connectivity index (χ3n) is 2.91. The van der Waals surface area contributed by atoms with Gasteiger partial charge in [-0.05, 0) is 24.3 Å². The smallest absolute Gasteiger partial charge is 0.418 e. The van der Waals surface area contributed by atoms with Crippen LogP contribution < -0.4 is 9.46 Å². The molecule has 1 N–H and O–H groups in total. The Bertz CT molecular complexity index is 819. The first-order valence-electron chi connectivity index (χ1n) is 6.18. The van der Waals surface area contributed by atoms with E-state index in [0.717, 1.165) is 43.5 Å². The van der Waals surface area contributed by atoms with Crippen LogP contribution in [0.4, 0.5) is 23.2 Å². The molecule has 0 spiro atoms. The molecule has 2 aromatic carbocycles. The zero-order chi connectivity index (χ0) is 17.3. The van der Waals surface area contributed by atoms with Crippen LogP contribution in [-0.4, -0.2) is 15.5 Å². The monoisotopic (exact) mass is 349 g/mol. The van der Waals surface area contributed by atoms with Crippen molar-refractivity contribution >= 4 is 15.7 Å². The Hall–Kier alpha value is -2.29. The number of rotatable bonds is 4. The van der Waals surface area contributed by atoms with Crippen molar-refractivity contribution in [3.05, 3.63) is 53.8 Å². The van der Waals surface area contributed by atoms with E-state index in [2.05, 4.69) is 4.74 Å². The number of hydrogen-bond donors (Lipinski definition) is 1. The fraction of sp³-hybridized carbons (Fsp3) is 0.143. The van der Waals surface area contributed by atoms with E-state index in [9.17, 15) is 26.0 Å². The number of sulfonamides is 1. The summed E-state index contributed by atoms with van der Waals surface area (Å²) >= 11 is 0. The van der Waals surface area contributed by atoms with Crippen LogP contribution >= 0.6 is 0 Å². The van der Waals surface area contributed by atoms with E-state index >= 15 is 0 Å². The van der Waals surface area contributed by atoms with Crippen molar-refractivity contribution in [2.45, 2.75) is 11.1 Å². The maximum Gasteiger partial charge on any atom is 0.418 e. The Morgan fingerprint density at radius 3 is 2.35 bits per heavy atom. The fourth-order valence-electron chi connectivity index (χ4n) is 1.83. The Morgan fingerprint density at radius 2 is 1.74 bits per heavy atom. The van der Waals surface area contributed by atoms with Gasteiger partial charge in [0.15, 0.2) is 11.6 Å². The van der Waals surface area contributed by atoms with Crippen molar-refractivity contribution in [2.24, 2.45) is 0 Å². The molecule has 0 amide bonds. The number of ether oxygens (including phenoxy) is 1. The summed E-state index contributed by atoms with van der Waals surface area (Å²) in [6.07, 6.45) is -4.72. The van der Waals surface area contributed by atoms with Gasteiger partial charge in [-0.1, -0.05) is 12.1 Å². The minimum absolute atomic E-state index is 0.336. The molecule has 0 fully saturated rings. The molecule has 0 aliphatic rings. The third kappa shape index (κ3) is 3.73. The molecule has 0 aromatic heterocycles. The first kappa shape index (κ1) is 17.1. The summed E-state index contributed by atoms with van der Waals surface area (Å²) in [7, 11) is -3.20. The van der Waals surface area contributed by atoms with Gasteiger partial charge in [-0.3, -0.25) is 4.72 Å². The van der Waals surface area contributed by atoms with E-state index in [-0.39, 0.29) is 5.75 Å². The highest BCUT2D eigenvalue weighted by atomic mass is 32.2. The van der Waals surface area contributed by atoms with Crippen molar-refractivity contribution in [1.29, 1.82) is 0 Å². The molecule has 0 atom stereocenters. The molecule has 0 saturated carbocycles. The molecule has 2 aromatic rings. The minimum Gasteiger partial charge on any atom is -0.494 e. The molecule has 124 valence electrons. The quantitative estimate of drug-likeness (QED) is 0.857. The Morgan fingerprint density at radius 1 is 1.09 bits per heavy atom. The lowest BCUT2D eigenvalue weighted by Gasteiger charge is -2.15. The van der Waals surface area contributed by atoms with E-state index in [4.69, 9.17) is 0 Å². The van der Waals surface area contributed by atoms with Crippen molar-refractivity contribution in [3.8, 4) is 5.75 Å². The highest BCUT2D eigenvalue weighted by molar-refractivity contribution is 7.92. The molecule has 0 heterocycles. The van der Waals surface area contributed by atoms with Gasteiger partial charge >= 0.3 is 6.18 Å². The summed E-state index contributed by atoms with van der Waals surface area (Å²) in [4.78, 5) is -0.423. The van der Waals surface area contributed by atoms with Gasteiger partial charge in [0.1, 0.15) is 0 Å². The molecule has 0 bridgehead atoms. The lowest BCUT2D eigenvalue weighted by atomic mass is 10.2. The van der Waals surface area contributed by atoms with Crippen LogP contribution in [0, 0.1) is 5.82 Å². The van der Waals surface area contributed by atoms with Crippen molar-refractivity contribution in [1.82, 2.24) is 0 Å². The number of anilines is 1. The first-order valence-corrected chi connectivity index (χ1v) is 7.66. The molecular weight excluding hydrogens is 338 g/mol. The van der Waals surface area contributed by atoms with E-state index in [0.29, 0.717) is 0 Å². The molecule has 0 unspecified atom stereocenters. The lowest BCUT2D eigenvalue weighted by Crippen LogP contribution is -2.17. The van der Waals surface area contributed by atoms with Gasteiger partial charge in [0.2, 0.25) is 0 Å². The van der Waals surface area contributed by atoms with E-state index in [1.807, 2.05) is 4.72 Å². The number of hydrogen-bond acceptors (Lipinski definition) is 3. The SMILES string of the molecule is COc1cc(S(=O)(=O)Nc2ccccc2C(F)(F)F)ccc1F. The van der Waals surface area contributed by atoms with E-state index in [1.54, 1.807) is 0 Å². The molecule has 0 radical (unpaired) electrons. The summed E-state index contributed by atoms with van der Waals surface area (Å²) in [6.45, 7) is 0. The summed E-state index contributed by atoms with van der Waals surface area (Å²) in [5, 5.41) is 0. The molecule has 23 heavy (non-hydrogen) atoms. The van der Waals surface area contributed by atoms with Crippen molar-refractivity contribution in [2.75, 3.05) is 11.8 Å². The van der Waals surface area contributed by atoms with Crippen molar-refractivity contribution in [3.63, 3.8) is 0 Å². The summed E-state index contributed by atoms with van der Waals surface area (Å²) in [5.74, 6) is -1.13. The van der Waals surface area contributed by atoms with Crippen LogP contribution in [0.1, 0.15) is 5.56 Å². The maximum absolute atomic E-state index is 13.3. The van der Waals surface area contributed by atoms with Gasteiger partial charge in [-0.15, -0.1) is 0 Å². The maximum atomic E-state index is 13.3. The molecule has 0 aliphatic carbocycles. The average Bonchev–Trinajstić information content (AvgIpc) is 2.46. The number of para-hydroxylation sites is 1. The lowest BCUT2D eigenvalue weighted by molar-refractivity contribution is -0.136. The summed E-state index contributed by atoms with van der Waals surface area (Å²) in [5.41, 5.74) is -1.75. The topological polar surface area (TPSA) is 55.4 Å². The normalized spacial score (nSPS) is 12.0. The number of alkyl halides is 3. The highest BCUT2D eigenvalue weighted by Gasteiger charge is 2.34. The van der Waals surface area contributed by atoms with E-state index in [1.165, 1.54) is 6.07 Å². The zero-order valence-corrected chi connectivity index (χ0v) is 12.5. The fourth-order valence-corrected chi connectivity index (χ4v) is 2.93. The molecule has 9 heteroatoms. The van der Waals surface area contributed by atoms with Gasteiger partial charge in [0.05, 0.1) is 23.3 Å².